The van der Waals surface area contributed by atoms with E-state index in [1.165, 1.54) is 4.31 Å². The van der Waals surface area contributed by atoms with Crippen molar-refractivity contribution in [3.05, 3.63) is 64.2 Å². The molecular formula is C22H26ClN3O5S. The van der Waals surface area contributed by atoms with E-state index in [0.717, 1.165) is 11.1 Å². The molecule has 1 heterocycles. The molecule has 3 rings (SSSR count). The first kappa shape index (κ1) is 24.2. The van der Waals surface area contributed by atoms with E-state index in [1.807, 2.05) is 13.0 Å². The lowest BCUT2D eigenvalue weighted by Crippen LogP contribution is -2.53. The minimum Gasteiger partial charge on any atom is -0.360 e. The summed E-state index contributed by atoms with van der Waals surface area (Å²) in [5.74, 6) is -1.68. The summed E-state index contributed by atoms with van der Waals surface area (Å²) in [6.07, 6.45) is -0.363. The van der Waals surface area contributed by atoms with E-state index in [9.17, 15) is 18.0 Å². The third-order valence-electron chi connectivity index (χ3n) is 5.09. The van der Waals surface area contributed by atoms with Crippen LogP contribution in [0.3, 0.4) is 0 Å². The van der Waals surface area contributed by atoms with Gasteiger partial charge in [0.25, 0.3) is 0 Å². The van der Waals surface area contributed by atoms with Gasteiger partial charge in [-0.1, -0.05) is 35.9 Å². The van der Waals surface area contributed by atoms with E-state index in [4.69, 9.17) is 16.3 Å². The largest absolute Gasteiger partial charge is 0.360 e. The molecule has 0 unspecified atom stereocenters. The Kier molecular flexibility index (Phi) is 7.89. The van der Waals surface area contributed by atoms with Gasteiger partial charge in [-0.2, -0.15) is 4.31 Å². The molecule has 0 saturated carbocycles. The lowest BCUT2D eigenvalue weighted by molar-refractivity contribution is -0.140. The topological polar surface area (TPSA) is 105 Å². The smallest absolute Gasteiger partial charge is 0.309 e. The zero-order chi connectivity index (χ0) is 23.3. The monoisotopic (exact) mass is 479 g/mol. The Bertz CT molecular complexity index is 1090. The highest BCUT2D eigenvalue weighted by atomic mass is 35.5. The van der Waals surface area contributed by atoms with E-state index in [0.29, 0.717) is 23.6 Å². The number of carbonyl (C=O) groups excluding carboxylic acids is 2. The Morgan fingerprint density at radius 2 is 1.78 bits per heavy atom. The average Bonchev–Trinajstić information content (AvgIpc) is 2.78. The summed E-state index contributed by atoms with van der Waals surface area (Å²) < 4.78 is 33.4. The van der Waals surface area contributed by atoms with Crippen LogP contribution in [0.15, 0.2) is 47.4 Å². The number of rotatable bonds is 6. The number of benzene rings is 2. The average molecular weight is 480 g/mol. The van der Waals surface area contributed by atoms with Gasteiger partial charge in [0, 0.05) is 18.1 Å². The van der Waals surface area contributed by atoms with Gasteiger partial charge < -0.3 is 15.4 Å². The summed E-state index contributed by atoms with van der Waals surface area (Å²) in [5.41, 5.74) is 2.25. The maximum Gasteiger partial charge on any atom is 0.309 e. The first-order valence-corrected chi connectivity index (χ1v) is 12.0. The third kappa shape index (κ3) is 5.86. The van der Waals surface area contributed by atoms with Gasteiger partial charge in [-0.05, 0) is 55.2 Å². The number of halogens is 1. The Labute approximate surface area is 192 Å². The molecule has 2 amide bonds. The predicted molar refractivity (Wildman–Crippen MR) is 120 cm³/mol. The molecule has 0 radical (unpaired) electrons. The van der Waals surface area contributed by atoms with Crippen LogP contribution in [0, 0.1) is 13.8 Å². The molecule has 1 saturated heterocycles. The molecule has 0 aliphatic carbocycles. The molecule has 1 aliphatic heterocycles. The van der Waals surface area contributed by atoms with Gasteiger partial charge in [0.1, 0.15) is 6.23 Å². The number of nitrogens with zero attached hydrogens (tertiary/aromatic N) is 1. The van der Waals surface area contributed by atoms with Gasteiger partial charge in [-0.25, -0.2) is 8.42 Å². The molecule has 2 aromatic rings. The first-order valence-electron chi connectivity index (χ1n) is 10.2. The van der Waals surface area contributed by atoms with Gasteiger partial charge in [0.2, 0.25) is 10.0 Å². The van der Waals surface area contributed by atoms with Crippen molar-refractivity contribution in [3.63, 3.8) is 0 Å². The van der Waals surface area contributed by atoms with Crippen molar-refractivity contribution in [2.75, 3.05) is 19.7 Å². The summed E-state index contributed by atoms with van der Waals surface area (Å²) in [6.45, 7) is 4.21. The second-order valence-electron chi connectivity index (χ2n) is 7.58. The quantitative estimate of drug-likeness (QED) is 0.617. The van der Waals surface area contributed by atoms with E-state index in [-0.39, 0.29) is 24.5 Å². The van der Waals surface area contributed by atoms with Crippen LogP contribution in [0.25, 0.3) is 0 Å². The minimum atomic E-state index is -3.84. The van der Waals surface area contributed by atoms with Gasteiger partial charge >= 0.3 is 11.8 Å². The molecule has 1 fully saturated rings. The second kappa shape index (κ2) is 10.4. The highest BCUT2D eigenvalue weighted by molar-refractivity contribution is 7.89. The number of hydrogen-bond donors (Lipinski definition) is 2. The number of aryl methyl sites for hydroxylation is 2. The number of ether oxygens (including phenoxy) is 1. The Morgan fingerprint density at radius 3 is 2.50 bits per heavy atom. The SMILES string of the molecule is Cc1ccc(C)c(S(=O)(=O)N2CCCO[C@H]2CNC(=O)C(=O)NCc2ccc(Cl)cc2)c1. The van der Waals surface area contributed by atoms with E-state index in [2.05, 4.69) is 10.6 Å². The molecule has 1 atom stereocenters. The first-order chi connectivity index (χ1) is 15.2. The van der Waals surface area contributed by atoms with Crippen molar-refractivity contribution in [3.8, 4) is 0 Å². The summed E-state index contributed by atoms with van der Waals surface area (Å²) >= 11 is 5.83. The van der Waals surface area contributed by atoms with Crippen LogP contribution < -0.4 is 10.6 Å². The number of amides is 2. The van der Waals surface area contributed by atoms with Gasteiger partial charge in [0.15, 0.2) is 0 Å². The summed E-state index contributed by atoms with van der Waals surface area (Å²) in [4.78, 5) is 24.5. The maximum atomic E-state index is 13.3. The van der Waals surface area contributed by atoms with Crippen LogP contribution in [0.1, 0.15) is 23.1 Å². The van der Waals surface area contributed by atoms with E-state index >= 15 is 0 Å². The van der Waals surface area contributed by atoms with Crippen LogP contribution in [0.2, 0.25) is 5.02 Å². The molecule has 172 valence electrons. The van der Waals surface area contributed by atoms with Crippen LogP contribution in [0.4, 0.5) is 0 Å². The zero-order valence-corrected chi connectivity index (χ0v) is 19.5. The Morgan fingerprint density at radius 1 is 1.09 bits per heavy atom. The fourth-order valence-electron chi connectivity index (χ4n) is 3.34. The number of carbonyl (C=O) groups is 2. The van der Waals surface area contributed by atoms with Crippen molar-refractivity contribution in [2.24, 2.45) is 0 Å². The molecule has 1 aliphatic rings. The van der Waals surface area contributed by atoms with Gasteiger partial charge in [-0.3, -0.25) is 9.59 Å². The fourth-order valence-corrected chi connectivity index (χ4v) is 5.34. The maximum absolute atomic E-state index is 13.3. The second-order valence-corrected chi connectivity index (χ2v) is 9.88. The third-order valence-corrected chi connectivity index (χ3v) is 7.38. The highest BCUT2D eigenvalue weighted by Gasteiger charge is 2.35. The molecule has 2 N–H and O–H groups in total. The number of hydrogen-bond acceptors (Lipinski definition) is 5. The lowest BCUT2D eigenvalue weighted by atomic mass is 10.2. The van der Waals surface area contributed by atoms with Crippen LogP contribution in [-0.4, -0.2) is 50.5 Å². The molecule has 0 aromatic heterocycles. The Hall–Kier alpha value is -2.46. The summed E-state index contributed by atoms with van der Waals surface area (Å²) in [7, 11) is -3.84. The van der Waals surface area contributed by atoms with Crippen LogP contribution in [-0.2, 0) is 30.9 Å². The van der Waals surface area contributed by atoms with Gasteiger partial charge in [0.05, 0.1) is 18.0 Å². The number of nitrogens with one attached hydrogen (secondary N) is 2. The van der Waals surface area contributed by atoms with E-state index in [1.54, 1.807) is 43.3 Å². The lowest BCUT2D eigenvalue weighted by Gasteiger charge is -2.35. The van der Waals surface area contributed by atoms with Crippen molar-refractivity contribution in [1.82, 2.24) is 14.9 Å². The summed E-state index contributed by atoms with van der Waals surface area (Å²) in [6, 6.07) is 12.1. The van der Waals surface area contributed by atoms with Crippen LogP contribution >= 0.6 is 11.6 Å². The molecule has 0 spiro atoms. The number of sulfonamides is 1. The zero-order valence-electron chi connectivity index (χ0n) is 17.9. The Balaban J connectivity index is 1.62. The standard InChI is InChI=1S/C22H26ClN3O5S/c1-15-4-5-16(2)19(12-15)32(29,30)26-10-3-11-31-20(26)14-25-22(28)21(27)24-13-17-6-8-18(23)9-7-17/h4-9,12,20H,3,10-11,13-14H2,1-2H3,(H,24,27)(H,25,28)/t20-/m0/s1. The highest BCUT2D eigenvalue weighted by Crippen LogP contribution is 2.25. The molecule has 0 bridgehead atoms. The van der Waals surface area contributed by atoms with Crippen molar-refractivity contribution >= 4 is 33.4 Å². The van der Waals surface area contributed by atoms with Gasteiger partial charge in [-0.15, -0.1) is 0 Å². The molecule has 8 nitrogen and oxygen atoms in total. The molecule has 10 heteroatoms. The van der Waals surface area contributed by atoms with Crippen LogP contribution in [0.5, 0.6) is 0 Å². The summed E-state index contributed by atoms with van der Waals surface area (Å²) in [5, 5.41) is 5.57. The van der Waals surface area contributed by atoms with Crippen molar-refractivity contribution < 1.29 is 22.7 Å². The molecule has 32 heavy (non-hydrogen) atoms. The minimum absolute atomic E-state index is 0.142. The van der Waals surface area contributed by atoms with Crippen molar-refractivity contribution in [1.29, 1.82) is 0 Å². The molecular weight excluding hydrogens is 454 g/mol. The predicted octanol–water partition coefficient (Wildman–Crippen LogP) is 2.13. The molecule has 2 aromatic carbocycles. The fraction of sp³-hybridized carbons (Fsp3) is 0.364. The van der Waals surface area contributed by atoms with E-state index < -0.39 is 28.1 Å². The van der Waals surface area contributed by atoms with Crippen molar-refractivity contribution in [2.45, 2.75) is 37.9 Å². The normalized spacial score (nSPS) is 17.0.